The van der Waals surface area contributed by atoms with Gasteiger partial charge in [0.1, 0.15) is 0 Å². The van der Waals surface area contributed by atoms with Gasteiger partial charge in [0.25, 0.3) is 0 Å². The number of hydrogen-bond acceptors (Lipinski definition) is 4. The topological polar surface area (TPSA) is 69.8 Å². The number of nitrogens with one attached hydrogen (secondary N) is 3. The maximum absolute atomic E-state index is 12.3. The molecule has 3 N–H and O–H groups in total. The first kappa shape index (κ1) is 13.6. The zero-order valence-electron chi connectivity index (χ0n) is 10.9. The zero-order chi connectivity index (χ0) is 14.1. The molecule has 2 aromatic heterocycles. The van der Waals surface area contributed by atoms with Gasteiger partial charge in [-0.3, -0.25) is 10.1 Å². The van der Waals surface area contributed by atoms with Gasteiger partial charge in [-0.05, 0) is 19.1 Å². The van der Waals surface area contributed by atoms with E-state index in [-0.39, 0.29) is 18.0 Å². The van der Waals surface area contributed by atoms with Crippen molar-refractivity contribution in [3.8, 4) is 0 Å². The van der Waals surface area contributed by atoms with Crippen molar-refractivity contribution in [2.75, 3.05) is 0 Å². The molecule has 2 atom stereocenters. The Labute approximate surface area is 125 Å². The van der Waals surface area contributed by atoms with Crippen molar-refractivity contribution in [2.24, 2.45) is 0 Å². The molecule has 1 aliphatic heterocycles. The Morgan fingerprint density at radius 2 is 2.45 bits per heavy atom. The molecule has 0 aromatic carbocycles. The lowest BCUT2D eigenvalue weighted by molar-refractivity contribution is -0.124. The van der Waals surface area contributed by atoms with Gasteiger partial charge in [0.15, 0.2) is 0 Å². The van der Waals surface area contributed by atoms with Crippen LogP contribution in [0.1, 0.15) is 29.2 Å². The number of halogens is 1. The van der Waals surface area contributed by atoms with E-state index in [4.69, 9.17) is 11.6 Å². The van der Waals surface area contributed by atoms with Crippen LogP contribution in [0.2, 0.25) is 4.34 Å². The quantitative estimate of drug-likeness (QED) is 0.812. The number of H-pyrrole nitrogens is 1. The van der Waals surface area contributed by atoms with Gasteiger partial charge in [-0.25, -0.2) is 4.98 Å². The molecule has 0 saturated carbocycles. The minimum absolute atomic E-state index is 0.00401. The van der Waals surface area contributed by atoms with Gasteiger partial charge in [0.05, 0.1) is 34.1 Å². The highest BCUT2D eigenvalue weighted by Gasteiger charge is 2.26. The molecule has 20 heavy (non-hydrogen) atoms. The molecule has 2 unspecified atom stereocenters. The normalized spacial score (nSPS) is 19.4. The van der Waals surface area contributed by atoms with E-state index in [1.807, 2.05) is 19.1 Å². The Morgan fingerprint density at radius 1 is 1.60 bits per heavy atom. The van der Waals surface area contributed by atoms with E-state index in [2.05, 4.69) is 20.6 Å². The van der Waals surface area contributed by atoms with Crippen LogP contribution in [0.5, 0.6) is 0 Å². The number of aromatic amines is 1. The van der Waals surface area contributed by atoms with Gasteiger partial charge < -0.3 is 10.3 Å². The molecular weight excluding hydrogens is 296 g/mol. The standard InChI is InChI=1S/C13H15ClN4OS/c1-7(11-2-3-12(14)20-11)18-13(19)9-4-8-10(5-15-9)17-6-16-8/h2-3,6-7,9,15H,4-5H2,1H3,(H,16,17)(H,18,19). The predicted molar refractivity (Wildman–Crippen MR) is 78.8 cm³/mol. The van der Waals surface area contributed by atoms with Gasteiger partial charge in [0.2, 0.25) is 5.91 Å². The van der Waals surface area contributed by atoms with Gasteiger partial charge in [-0.15, -0.1) is 11.3 Å². The second-order valence-electron chi connectivity index (χ2n) is 4.84. The largest absolute Gasteiger partial charge is 0.347 e. The highest BCUT2D eigenvalue weighted by molar-refractivity contribution is 7.16. The average molecular weight is 311 g/mol. The van der Waals surface area contributed by atoms with Gasteiger partial charge in [0, 0.05) is 17.8 Å². The Bertz CT molecular complexity index is 623. The molecule has 1 amide bonds. The minimum Gasteiger partial charge on any atom is -0.347 e. The summed E-state index contributed by atoms with van der Waals surface area (Å²) in [6, 6.07) is 3.52. The van der Waals surface area contributed by atoms with E-state index >= 15 is 0 Å². The maximum atomic E-state index is 12.3. The number of rotatable bonds is 3. The first-order valence-electron chi connectivity index (χ1n) is 6.43. The van der Waals surface area contributed by atoms with E-state index in [1.165, 1.54) is 11.3 Å². The number of fused-ring (bicyclic) bond motifs is 1. The summed E-state index contributed by atoms with van der Waals surface area (Å²) in [5.41, 5.74) is 2.03. The predicted octanol–water partition coefficient (Wildman–Crippen LogP) is 2.02. The third-order valence-electron chi connectivity index (χ3n) is 3.43. The molecule has 5 nitrogen and oxygen atoms in total. The third kappa shape index (κ3) is 2.72. The Hall–Kier alpha value is -1.37. The van der Waals surface area contributed by atoms with Crippen LogP contribution in [0.3, 0.4) is 0 Å². The van der Waals surface area contributed by atoms with E-state index in [1.54, 1.807) is 6.33 Å². The van der Waals surface area contributed by atoms with Crippen LogP contribution in [0.15, 0.2) is 18.5 Å². The fourth-order valence-electron chi connectivity index (χ4n) is 2.30. The third-order valence-corrected chi connectivity index (χ3v) is 4.84. The van der Waals surface area contributed by atoms with Crippen molar-refractivity contribution < 1.29 is 4.79 Å². The Morgan fingerprint density at radius 3 is 3.20 bits per heavy atom. The molecule has 2 aromatic rings. The number of thiophene rings is 1. The summed E-state index contributed by atoms with van der Waals surface area (Å²) in [7, 11) is 0. The number of aromatic nitrogens is 2. The minimum atomic E-state index is -0.233. The summed E-state index contributed by atoms with van der Waals surface area (Å²) in [6.45, 7) is 2.61. The van der Waals surface area contributed by atoms with Gasteiger partial charge >= 0.3 is 0 Å². The first-order valence-corrected chi connectivity index (χ1v) is 7.63. The van der Waals surface area contributed by atoms with E-state index in [0.29, 0.717) is 13.0 Å². The number of imidazole rings is 1. The molecule has 3 heterocycles. The summed E-state index contributed by atoms with van der Waals surface area (Å²) in [5.74, 6) is -0.00401. The van der Waals surface area contributed by atoms with Crippen molar-refractivity contribution >= 4 is 28.8 Å². The van der Waals surface area contributed by atoms with Gasteiger partial charge in [-0.1, -0.05) is 11.6 Å². The first-order chi connectivity index (χ1) is 9.63. The monoisotopic (exact) mass is 310 g/mol. The molecule has 3 rings (SSSR count). The molecule has 0 bridgehead atoms. The molecule has 0 fully saturated rings. The van der Waals surface area contributed by atoms with Crippen LogP contribution in [0.25, 0.3) is 0 Å². The zero-order valence-corrected chi connectivity index (χ0v) is 12.5. The molecule has 7 heteroatoms. The van der Waals surface area contributed by atoms with Crippen LogP contribution < -0.4 is 10.6 Å². The van der Waals surface area contributed by atoms with Gasteiger partial charge in [-0.2, -0.15) is 0 Å². The smallest absolute Gasteiger partial charge is 0.238 e. The van der Waals surface area contributed by atoms with E-state index < -0.39 is 0 Å². The van der Waals surface area contributed by atoms with E-state index in [0.717, 1.165) is 20.6 Å². The number of carbonyl (C=O) groups is 1. The number of hydrogen-bond donors (Lipinski definition) is 3. The molecule has 0 aliphatic carbocycles. The summed E-state index contributed by atoms with van der Waals surface area (Å²) in [5, 5.41) is 6.23. The number of nitrogens with zero attached hydrogens (tertiary/aromatic N) is 1. The average Bonchev–Trinajstić information content (AvgIpc) is 3.05. The molecular formula is C13H15ClN4OS. The maximum Gasteiger partial charge on any atom is 0.238 e. The van der Waals surface area contributed by atoms with Crippen molar-refractivity contribution in [1.82, 2.24) is 20.6 Å². The molecule has 106 valence electrons. The molecule has 0 radical (unpaired) electrons. The SMILES string of the molecule is CC(NC(=O)C1Cc2nc[nH]c2CN1)c1ccc(Cl)s1. The fourth-order valence-corrected chi connectivity index (χ4v) is 3.36. The lowest BCUT2D eigenvalue weighted by Crippen LogP contribution is -2.48. The van der Waals surface area contributed by atoms with Crippen molar-refractivity contribution in [1.29, 1.82) is 0 Å². The summed E-state index contributed by atoms with van der Waals surface area (Å²) >= 11 is 7.40. The second kappa shape index (κ2) is 5.55. The van der Waals surface area contributed by atoms with E-state index in [9.17, 15) is 4.79 Å². The lowest BCUT2D eigenvalue weighted by atomic mass is 10.0. The summed E-state index contributed by atoms with van der Waals surface area (Å²) in [6.07, 6.45) is 2.28. The van der Waals surface area contributed by atoms with Crippen LogP contribution in [0, 0.1) is 0 Å². The fraction of sp³-hybridized carbons (Fsp3) is 0.385. The summed E-state index contributed by atoms with van der Waals surface area (Å²) < 4.78 is 0.734. The van der Waals surface area contributed by atoms with Crippen LogP contribution >= 0.6 is 22.9 Å². The van der Waals surface area contributed by atoms with Crippen LogP contribution in [-0.2, 0) is 17.8 Å². The number of amides is 1. The molecule has 0 spiro atoms. The van der Waals surface area contributed by atoms with Crippen molar-refractivity contribution in [3.05, 3.63) is 39.1 Å². The van der Waals surface area contributed by atoms with Crippen LogP contribution in [-0.4, -0.2) is 21.9 Å². The Balaban J connectivity index is 1.63. The lowest BCUT2D eigenvalue weighted by Gasteiger charge is -2.24. The second-order valence-corrected chi connectivity index (χ2v) is 6.58. The molecule has 0 saturated heterocycles. The van der Waals surface area contributed by atoms with Crippen molar-refractivity contribution in [3.63, 3.8) is 0 Å². The molecule has 1 aliphatic rings. The van der Waals surface area contributed by atoms with Crippen LogP contribution in [0.4, 0.5) is 0 Å². The highest BCUT2D eigenvalue weighted by Crippen LogP contribution is 2.26. The number of carbonyl (C=O) groups excluding carboxylic acids is 1. The van der Waals surface area contributed by atoms with Crippen molar-refractivity contribution in [2.45, 2.75) is 32.0 Å². The summed E-state index contributed by atoms with van der Waals surface area (Å²) in [4.78, 5) is 20.6. The Kier molecular flexibility index (Phi) is 3.78. The highest BCUT2D eigenvalue weighted by atomic mass is 35.5.